The predicted molar refractivity (Wildman–Crippen MR) is 95.9 cm³/mol. The summed E-state index contributed by atoms with van der Waals surface area (Å²) >= 11 is 0. The number of hydrogen-bond donors (Lipinski definition) is 1. The minimum absolute atomic E-state index is 0.364. The number of guanidine groups is 1. The maximum absolute atomic E-state index is 6.10. The van der Waals surface area contributed by atoms with Gasteiger partial charge in [-0.05, 0) is 31.4 Å². The van der Waals surface area contributed by atoms with Crippen molar-refractivity contribution in [3.05, 3.63) is 24.0 Å². The van der Waals surface area contributed by atoms with Gasteiger partial charge in [-0.2, -0.15) is 0 Å². The maximum atomic E-state index is 6.10. The number of fused-ring (bicyclic) bond motifs is 2. The minimum atomic E-state index is 0.364. The van der Waals surface area contributed by atoms with E-state index in [4.69, 9.17) is 4.74 Å². The molecular formula is C19H30N4O. The van der Waals surface area contributed by atoms with Crippen LogP contribution in [0.25, 0.3) is 0 Å². The van der Waals surface area contributed by atoms with Gasteiger partial charge in [-0.3, -0.25) is 4.99 Å². The normalized spacial score (nSPS) is 31.1. The average Bonchev–Trinajstić information content (AvgIpc) is 3.29. The van der Waals surface area contributed by atoms with E-state index in [1.54, 1.807) is 0 Å². The van der Waals surface area contributed by atoms with Crippen molar-refractivity contribution in [2.24, 2.45) is 23.4 Å². The fourth-order valence-corrected chi connectivity index (χ4v) is 5.37. The fourth-order valence-electron chi connectivity index (χ4n) is 5.37. The van der Waals surface area contributed by atoms with Crippen LogP contribution in [0, 0.1) is 11.3 Å². The Labute approximate surface area is 145 Å². The minimum Gasteiger partial charge on any atom is -0.377 e. The topological polar surface area (TPSA) is 41.8 Å². The smallest absolute Gasteiger partial charge is 0.193 e. The van der Waals surface area contributed by atoms with E-state index in [0.29, 0.717) is 23.5 Å². The van der Waals surface area contributed by atoms with Crippen molar-refractivity contribution in [2.75, 3.05) is 20.7 Å². The summed E-state index contributed by atoms with van der Waals surface area (Å²) in [6.07, 6.45) is 9.11. The Morgan fingerprint density at radius 3 is 2.92 bits per heavy atom. The van der Waals surface area contributed by atoms with Crippen LogP contribution in [0.15, 0.2) is 23.3 Å². The second kappa shape index (κ2) is 6.10. The van der Waals surface area contributed by atoms with E-state index >= 15 is 0 Å². The van der Waals surface area contributed by atoms with Gasteiger partial charge in [0.25, 0.3) is 0 Å². The lowest BCUT2D eigenvalue weighted by Crippen LogP contribution is -2.69. The second-order valence-electron chi connectivity index (χ2n) is 7.82. The molecule has 0 aromatic carbocycles. The van der Waals surface area contributed by atoms with Crippen molar-refractivity contribution in [1.82, 2.24) is 14.8 Å². The highest BCUT2D eigenvalue weighted by Crippen LogP contribution is 2.60. The molecule has 0 radical (unpaired) electrons. The van der Waals surface area contributed by atoms with Gasteiger partial charge < -0.3 is 19.5 Å². The predicted octanol–water partition coefficient (Wildman–Crippen LogP) is 2.38. The Kier molecular flexibility index (Phi) is 4.07. The molecule has 5 heteroatoms. The highest BCUT2D eigenvalue weighted by molar-refractivity contribution is 5.80. The number of nitrogens with one attached hydrogen (secondary N) is 1. The molecule has 1 aromatic rings. The average molecular weight is 330 g/mol. The van der Waals surface area contributed by atoms with Gasteiger partial charge in [-0.15, -0.1) is 0 Å². The maximum Gasteiger partial charge on any atom is 0.193 e. The van der Waals surface area contributed by atoms with Crippen LogP contribution in [-0.4, -0.2) is 48.3 Å². The van der Waals surface area contributed by atoms with E-state index in [0.717, 1.165) is 19.1 Å². The highest BCUT2D eigenvalue weighted by Gasteiger charge is 2.65. The van der Waals surface area contributed by atoms with E-state index in [2.05, 4.69) is 52.2 Å². The molecule has 5 nitrogen and oxygen atoms in total. The molecular weight excluding hydrogens is 300 g/mol. The zero-order valence-electron chi connectivity index (χ0n) is 15.2. The molecule has 2 heterocycles. The van der Waals surface area contributed by atoms with Gasteiger partial charge in [-0.25, -0.2) is 0 Å². The molecule has 2 saturated carbocycles. The largest absolute Gasteiger partial charge is 0.377 e. The lowest BCUT2D eigenvalue weighted by atomic mass is 9.54. The van der Waals surface area contributed by atoms with Crippen LogP contribution in [-0.2, 0) is 18.3 Å². The summed E-state index contributed by atoms with van der Waals surface area (Å²) in [4.78, 5) is 6.81. The van der Waals surface area contributed by atoms with Crippen molar-refractivity contribution in [3.8, 4) is 0 Å². The number of ether oxygens (including phenoxy) is 1. The van der Waals surface area contributed by atoms with Crippen LogP contribution < -0.4 is 5.32 Å². The Balaban J connectivity index is 1.47. The van der Waals surface area contributed by atoms with E-state index in [1.807, 2.05) is 7.05 Å². The first-order chi connectivity index (χ1) is 11.7. The monoisotopic (exact) mass is 330 g/mol. The molecule has 1 saturated heterocycles. The molecule has 1 aromatic heterocycles. The number of nitrogens with zero attached hydrogens (tertiary/aromatic N) is 3. The first-order valence-corrected chi connectivity index (χ1v) is 9.32. The van der Waals surface area contributed by atoms with Gasteiger partial charge in [0.2, 0.25) is 0 Å². The summed E-state index contributed by atoms with van der Waals surface area (Å²) in [5.41, 5.74) is 1.66. The van der Waals surface area contributed by atoms with Gasteiger partial charge in [-0.1, -0.05) is 12.8 Å². The standard InChI is InChI=1S/C19H30N4O/c1-20-18(23(3)13-14-7-6-11-22(14)2)21-16-15-8-12-24-17(15)19(16)9-4-5-10-19/h6-7,11,15-17H,4-5,8-10,12-13H2,1-3H3,(H,20,21). The third-order valence-corrected chi connectivity index (χ3v) is 6.59. The number of aliphatic imine (C=N–C) groups is 1. The second-order valence-corrected chi connectivity index (χ2v) is 7.82. The van der Waals surface area contributed by atoms with Gasteiger partial charge >= 0.3 is 0 Å². The molecule has 132 valence electrons. The number of aromatic nitrogens is 1. The molecule has 24 heavy (non-hydrogen) atoms. The molecule has 0 bridgehead atoms. The fraction of sp³-hybridized carbons (Fsp3) is 0.737. The van der Waals surface area contributed by atoms with Crippen molar-refractivity contribution < 1.29 is 4.74 Å². The molecule has 1 aliphatic heterocycles. The Hall–Kier alpha value is -1.49. The molecule has 3 fully saturated rings. The molecule has 1 spiro atoms. The molecule has 3 aliphatic rings. The quantitative estimate of drug-likeness (QED) is 0.683. The number of rotatable bonds is 3. The summed E-state index contributed by atoms with van der Waals surface area (Å²) in [5.74, 6) is 1.68. The van der Waals surface area contributed by atoms with Gasteiger partial charge in [0.1, 0.15) is 0 Å². The molecule has 0 amide bonds. The Morgan fingerprint density at radius 1 is 1.46 bits per heavy atom. The van der Waals surface area contributed by atoms with Crippen LogP contribution in [0.1, 0.15) is 37.8 Å². The number of hydrogen-bond acceptors (Lipinski definition) is 2. The molecule has 4 rings (SSSR count). The first kappa shape index (κ1) is 16.0. The van der Waals surface area contributed by atoms with Gasteiger partial charge in [0.15, 0.2) is 5.96 Å². The van der Waals surface area contributed by atoms with Crippen LogP contribution in [0.2, 0.25) is 0 Å². The summed E-state index contributed by atoms with van der Waals surface area (Å²) in [5, 5.41) is 3.83. The van der Waals surface area contributed by atoms with Gasteiger partial charge in [0.05, 0.1) is 12.6 Å². The molecule has 2 aliphatic carbocycles. The van der Waals surface area contributed by atoms with E-state index in [-0.39, 0.29) is 0 Å². The number of aryl methyl sites for hydroxylation is 1. The van der Waals surface area contributed by atoms with Crippen LogP contribution in [0.5, 0.6) is 0 Å². The zero-order valence-corrected chi connectivity index (χ0v) is 15.2. The van der Waals surface area contributed by atoms with Crippen LogP contribution in [0.4, 0.5) is 0 Å². The lowest BCUT2D eigenvalue weighted by Gasteiger charge is -2.57. The van der Waals surface area contributed by atoms with Gasteiger partial charge in [0, 0.05) is 57.0 Å². The molecule has 3 unspecified atom stereocenters. The van der Waals surface area contributed by atoms with E-state index in [1.165, 1.54) is 37.8 Å². The lowest BCUT2D eigenvalue weighted by molar-refractivity contribution is -0.125. The Bertz CT molecular complexity index is 617. The molecule has 3 atom stereocenters. The highest BCUT2D eigenvalue weighted by atomic mass is 16.5. The van der Waals surface area contributed by atoms with Crippen LogP contribution >= 0.6 is 0 Å². The van der Waals surface area contributed by atoms with E-state index < -0.39 is 0 Å². The summed E-state index contributed by atoms with van der Waals surface area (Å²) < 4.78 is 8.27. The van der Waals surface area contributed by atoms with E-state index in [9.17, 15) is 0 Å². The van der Waals surface area contributed by atoms with Crippen molar-refractivity contribution in [1.29, 1.82) is 0 Å². The van der Waals surface area contributed by atoms with Crippen LogP contribution in [0.3, 0.4) is 0 Å². The van der Waals surface area contributed by atoms with Crippen molar-refractivity contribution >= 4 is 5.96 Å². The summed E-state index contributed by atoms with van der Waals surface area (Å²) in [6.45, 7) is 1.81. The van der Waals surface area contributed by atoms with Crippen molar-refractivity contribution in [2.45, 2.75) is 50.8 Å². The summed E-state index contributed by atoms with van der Waals surface area (Å²) in [7, 11) is 6.12. The summed E-state index contributed by atoms with van der Waals surface area (Å²) in [6, 6.07) is 4.80. The third-order valence-electron chi connectivity index (χ3n) is 6.59. The van der Waals surface area contributed by atoms with Crippen molar-refractivity contribution in [3.63, 3.8) is 0 Å². The SMILES string of the molecule is CN=C(NC1C2CCOC2C12CCCC2)N(C)Cc1cccn1C. The molecule has 1 N–H and O–H groups in total. The third kappa shape index (κ3) is 2.36. The Morgan fingerprint density at radius 2 is 2.25 bits per heavy atom. The first-order valence-electron chi connectivity index (χ1n) is 9.32. The zero-order chi connectivity index (χ0) is 16.7.